The molecule has 1 aromatic rings. The molecule has 44 valence electrons. The number of hydrogen-bond donors (Lipinski definition) is 0. The molecule has 0 bridgehead atoms. The van der Waals surface area contributed by atoms with Gasteiger partial charge in [-0.25, -0.2) is 4.98 Å². The molecule has 0 unspecified atom stereocenters. The summed E-state index contributed by atoms with van der Waals surface area (Å²) in [5.74, 6) is 0. The molecule has 0 atom stereocenters. The molecule has 1 heterocycles. The van der Waals surface area contributed by atoms with E-state index in [0.717, 1.165) is 11.3 Å². The van der Waals surface area contributed by atoms with E-state index in [2.05, 4.69) is 20.9 Å². The van der Waals surface area contributed by atoms with Gasteiger partial charge in [0.25, 0.3) is 0 Å². The summed E-state index contributed by atoms with van der Waals surface area (Å²) >= 11 is 4.03. The third kappa shape index (κ3) is 1.29. The molecule has 0 spiro atoms. The predicted molar refractivity (Wildman–Crippen MR) is 39.2 cm³/mol. The van der Waals surface area contributed by atoms with Crippen LogP contribution in [-0.2, 0) is 6.37 Å². The van der Waals surface area contributed by atoms with Gasteiger partial charge >= 0.3 is 0 Å². The monoisotopic (exact) mass is 196 g/mol. The van der Waals surface area contributed by atoms with Crippen LogP contribution in [0.2, 0.25) is 0 Å². The molecule has 3 heteroatoms. The molecule has 1 nitrogen and oxygen atoms in total. The minimum Gasteiger partial charge on any atom is -0.234 e. The van der Waals surface area contributed by atoms with Crippen molar-refractivity contribution in [2.24, 2.45) is 0 Å². The highest BCUT2D eigenvalue weighted by Crippen LogP contribution is 2.14. The summed E-state index contributed by atoms with van der Waals surface area (Å²) in [6, 6.07) is 0. The summed E-state index contributed by atoms with van der Waals surface area (Å²) in [7, 11) is 0. The van der Waals surface area contributed by atoms with Crippen LogP contribution in [0.25, 0.3) is 0 Å². The highest BCUT2D eigenvalue weighted by atomic mass is 79.9. The third-order valence-electron chi connectivity index (χ3n) is 0.583. The van der Waals surface area contributed by atoms with Gasteiger partial charge in [-0.2, -0.15) is 0 Å². The molecule has 1 rings (SSSR count). The van der Waals surface area contributed by atoms with Crippen molar-refractivity contribution in [1.29, 1.82) is 0 Å². The summed E-state index contributed by atoms with van der Waals surface area (Å²) in [4.78, 5) is 3.75. The van der Waals surface area contributed by atoms with E-state index in [1.54, 1.807) is 5.38 Å². The molecule has 8 heavy (non-hydrogen) atoms. The van der Waals surface area contributed by atoms with E-state index in [1.165, 1.54) is 0 Å². The smallest absolute Gasteiger partial charge is 0.117 e. The predicted octanol–water partition coefficient (Wildman–Crippen LogP) is 2.47. The van der Waals surface area contributed by atoms with E-state index in [-0.39, 0.29) is 5.01 Å². The summed E-state index contributed by atoms with van der Waals surface area (Å²) in [5, 5.41) is 1.53. The van der Waals surface area contributed by atoms with Gasteiger partial charge in [-0.15, -0.1) is 11.3 Å². The van der Waals surface area contributed by atoms with Crippen molar-refractivity contribution in [2.45, 2.75) is 13.2 Å². The van der Waals surface area contributed by atoms with Gasteiger partial charge in [-0.3, -0.25) is 0 Å². The fourth-order valence-corrected chi connectivity index (χ4v) is 1.36. The lowest BCUT2D eigenvalue weighted by molar-refractivity contribution is 1.08. The Morgan fingerprint density at radius 3 is 3.62 bits per heavy atom. The minimum absolute atomic E-state index is 0.0284. The van der Waals surface area contributed by atoms with E-state index in [0.29, 0.717) is 4.60 Å². The fraction of sp³-hybridized carbons (Fsp3) is 0.400. The normalized spacial score (nSPS) is 22.4. The zero-order valence-electron chi connectivity index (χ0n) is 8.81. The van der Waals surface area contributed by atoms with Crippen LogP contribution in [0.15, 0.2) is 9.98 Å². The molecular weight excluding hydrogens is 186 g/mol. The second kappa shape index (κ2) is 2.60. The number of halogens is 1. The van der Waals surface area contributed by atoms with Gasteiger partial charge in [0, 0.05) is 12.2 Å². The van der Waals surface area contributed by atoms with Gasteiger partial charge in [0.2, 0.25) is 0 Å². The van der Waals surface area contributed by atoms with Gasteiger partial charge in [-0.05, 0) is 22.3 Å². The van der Waals surface area contributed by atoms with Crippen molar-refractivity contribution in [3.05, 3.63) is 15.0 Å². The number of aryl methyl sites for hydroxylation is 1. The van der Waals surface area contributed by atoms with Crippen molar-refractivity contribution in [3.63, 3.8) is 0 Å². The molecule has 1 aromatic heterocycles. The molecule has 0 aliphatic rings. The van der Waals surface area contributed by atoms with E-state index in [1.807, 2.05) is 0 Å². The molecule has 0 aromatic carbocycles. The first-order valence-electron chi connectivity index (χ1n) is 4.36. The van der Waals surface area contributed by atoms with Crippen LogP contribution in [0.5, 0.6) is 0 Å². The Kier molecular flexibility index (Phi) is 0.774. The minimum atomic E-state index is -2.68. The first kappa shape index (κ1) is 2.39. The average Bonchev–Trinajstić information content (AvgIpc) is 2.33. The Morgan fingerprint density at radius 2 is 3.12 bits per heavy atom. The SMILES string of the molecule is [2H]C([2H])([2H])C([2H])([2H])c1nc(Br)cs1. The van der Waals surface area contributed by atoms with Gasteiger partial charge in [0.15, 0.2) is 0 Å². The van der Waals surface area contributed by atoms with Crippen molar-refractivity contribution in [2.75, 3.05) is 0 Å². The second-order valence-electron chi connectivity index (χ2n) is 1.10. The van der Waals surface area contributed by atoms with Gasteiger partial charge in [-0.1, -0.05) is 6.85 Å². The maximum atomic E-state index is 7.36. The van der Waals surface area contributed by atoms with E-state index >= 15 is 0 Å². The Labute approximate surface area is 67.9 Å². The molecule has 0 N–H and O–H groups in total. The Morgan fingerprint density at radius 1 is 2.25 bits per heavy atom. The van der Waals surface area contributed by atoms with Crippen LogP contribution < -0.4 is 0 Å². The van der Waals surface area contributed by atoms with Crippen molar-refractivity contribution < 1.29 is 6.85 Å². The first-order valence-corrected chi connectivity index (χ1v) is 3.54. The number of aromatic nitrogens is 1. The second-order valence-corrected chi connectivity index (χ2v) is 2.77. The molecule has 0 amide bonds. The van der Waals surface area contributed by atoms with Gasteiger partial charge in [0.1, 0.15) is 4.60 Å². The van der Waals surface area contributed by atoms with E-state index < -0.39 is 13.2 Å². The number of thiazole rings is 1. The van der Waals surface area contributed by atoms with Crippen molar-refractivity contribution >= 4 is 27.3 Å². The zero-order chi connectivity index (χ0) is 10.3. The van der Waals surface area contributed by atoms with Crippen LogP contribution in [0, 0.1) is 0 Å². The quantitative estimate of drug-likeness (QED) is 0.673. The van der Waals surface area contributed by atoms with Gasteiger partial charge in [0.05, 0.1) is 5.01 Å². The molecule has 0 radical (unpaired) electrons. The highest BCUT2D eigenvalue weighted by molar-refractivity contribution is 9.10. The Hall–Kier alpha value is 0.110. The maximum absolute atomic E-state index is 7.36. The standard InChI is InChI=1S/C5H6BrNS/c1-2-5-7-4(6)3-8-5/h3H,2H2,1H3/i1D3,2D2. The largest absolute Gasteiger partial charge is 0.234 e. The first-order chi connectivity index (χ1) is 5.75. The lowest BCUT2D eigenvalue weighted by Crippen LogP contribution is -1.72. The van der Waals surface area contributed by atoms with Crippen LogP contribution in [0.1, 0.15) is 18.7 Å². The molecule has 0 aliphatic carbocycles. The van der Waals surface area contributed by atoms with Crippen LogP contribution in [0.4, 0.5) is 0 Å². The number of hydrogen-bond acceptors (Lipinski definition) is 2. The Bertz CT molecular complexity index is 306. The molecule has 0 saturated heterocycles. The lowest BCUT2D eigenvalue weighted by Gasteiger charge is -1.78. The fourth-order valence-electron chi connectivity index (χ4n) is 0.312. The maximum Gasteiger partial charge on any atom is 0.117 e. The highest BCUT2D eigenvalue weighted by Gasteiger charge is 1.92. The lowest BCUT2D eigenvalue weighted by atomic mass is 10.5. The third-order valence-corrected chi connectivity index (χ3v) is 2.05. The number of nitrogens with zero attached hydrogens (tertiary/aromatic N) is 1. The summed E-state index contributed by atoms with van der Waals surface area (Å²) < 4.78 is 36.2. The average molecular weight is 197 g/mol. The van der Waals surface area contributed by atoms with Crippen LogP contribution in [0.3, 0.4) is 0 Å². The van der Waals surface area contributed by atoms with E-state index in [9.17, 15) is 0 Å². The Balaban J connectivity index is 3.07. The zero-order valence-corrected chi connectivity index (χ0v) is 6.21. The van der Waals surface area contributed by atoms with Crippen molar-refractivity contribution in [1.82, 2.24) is 4.98 Å². The number of rotatable bonds is 1. The van der Waals surface area contributed by atoms with E-state index in [4.69, 9.17) is 6.85 Å². The molecule has 0 saturated carbocycles. The molecule has 0 fully saturated rings. The summed E-state index contributed by atoms with van der Waals surface area (Å²) in [6.07, 6.45) is -2.37. The molecular formula is C5H6BrNS. The van der Waals surface area contributed by atoms with Crippen LogP contribution in [-0.4, -0.2) is 4.98 Å². The van der Waals surface area contributed by atoms with Crippen LogP contribution >= 0.6 is 27.3 Å². The summed E-state index contributed by atoms with van der Waals surface area (Å²) in [6.45, 7) is -2.68. The molecule has 0 aliphatic heterocycles. The topological polar surface area (TPSA) is 12.9 Å². The van der Waals surface area contributed by atoms with Crippen molar-refractivity contribution in [3.8, 4) is 0 Å². The van der Waals surface area contributed by atoms with Gasteiger partial charge < -0.3 is 0 Å². The summed E-state index contributed by atoms with van der Waals surface area (Å²) in [5.41, 5.74) is 0.